The molecule has 31 heavy (non-hydrogen) atoms. The molecule has 3 rings (SSSR count). The van der Waals surface area contributed by atoms with E-state index in [2.05, 4.69) is 30.4 Å². The minimum absolute atomic E-state index is 0.176. The predicted molar refractivity (Wildman–Crippen MR) is 129 cm³/mol. The number of amidine groups is 1. The van der Waals surface area contributed by atoms with Crippen molar-refractivity contribution < 1.29 is 14.3 Å². The second-order valence-electron chi connectivity index (χ2n) is 6.81. The van der Waals surface area contributed by atoms with Crippen molar-refractivity contribution in [2.75, 3.05) is 13.7 Å². The third-order valence-electron chi connectivity index (χ3n) is 4.61. The van der Waals surface area contributed by atoms with Gasteiger partial charge in [0, 0.05) is 5.56 Å². The van der Waals surface area contributed by atoms with Crippen LogP contribution in [0.25, 0.3) is 6.08 Å². The van der Waals surface area contributed by atoms with Gasteiger partial charge in [0.25, 0.3) is 5.91 Å². The van der Waals surface area contributed by atoms with E-state index in [4.69, 9.17) is 9.47 Å². The molecule has 2 aromatic rings. The average Bonchev–Trinajstić information content (AvgIpc) is 3.11. The van der Waals surface area contributed by atoms with Crippen molar-refractivity contribution >= 4 is 34.6 Å². The maximum absolute atomic E-state index is 12.5. The first-order valence-electron chi connectivity index (χ1n) is 10.0. The number of methoxy groups -OCH3 is 1. The van der Waals surface area contributed by atoms with Crippen molar-refractivity contribution in [1.82, 2.24) is 5.32 Å². The summed E-state index contributed by atoms with van der Waals surface area (Å²) in [4.78, 5) is 17.6. The summed E-state index contributed by atoms with van der Waals surface area (Å²) in [6.07, 6.45) is 6.90. The molecule has 1 aliphatic rings. The quantitative estimate of drug-likeness (QED) is 0.422. The van der Waals surface area contributed by atoms with Gasteiger partial charge in [0.15, 0.2) is 16.7 Å². The first-order valence-corrected chi connectivity index (χ1v) is 10.8. The number of thioether (sulfide) groups is 1. The molecule has 0 unspecified atom stereocenters. The number of hydrogen-bond acceptors (Lipinski definition) is 5. The van der Waals surface area contributed by atoms with Crippen LogP contribution in [-0.2, 0) is 17.6 Å². The number of carbonyl (C=O) groups is 1. The Morgan fingerprint density at radius 2 is 1.94 bits per heavy atom. The fourth-order valence-corrected chi connectivity index (χ4v) is 3.93. The second kappa shape index (κ2) is 10.7. The fraction of sp³-hybridized carbons (Fsp3) is 0.200. The number of rotatable bonds is 9. The second-order valence-corrected chi connectivity index (χ2v) is 7.84. The SMILES string of the molecule is C=CCOc1c(CC=C)cc(C=C2SC(=Nc3ccc(CC)cc3)NC2=O)cc1OC. The lowest BCUT2D eigenvalue weighted by molar-refractivity contribution is -0.115. The van der Waals surface area contributed by atoms with Crippen molar-refractivity contribution in [2.45, 2.75) is 19.8 Å². The molecule has 0 atom stereocenters. The third-order valence-corrected chi connectivity index (χ3v) is 5.52. The highest BCUT2D eigenvalue weighted by atomic mass is 32.2. The largest absolute Gasteiger partial charge is 0.493 e. The van der Waals surface area contributed by atoms with Gasteiger partial charge >= 0.3 is 0 Å². The van der Waals surface area contributed by atoms with Gasteiger partial charge in [0.2, 0.25) is 0 Å². The van der Waals surface area contributed by atoms with E-state index in [1.807, 2.05) is 42.5 Å². The first-order chi connectivity index (χ1) is 15.1. The molecule has 1 aliphatic heterocycles. The molecule has 1 heterocycles. The minimum atomic E-state index is -0.176. The Morgan fingerprint density at radius 3 is 2.58 bits per heavy atom. The van der Waals surface area contributed by atoms with Crippen molar-refractivity contribution in [3.05, 3.63) is 83.3 Å². The van der Waals surface area contributed by atoms with Crippen LogP contribution in [0.4, 0.5) is 5.69 Å². The van der Waals surface area contributed by atoms with Crippen LogP contribution >= 0.6 is 11.8 Å². The monoisotopic (exact) mass is 434 g/mol. The number of allylic oxidation sites excluding steroid dienone is 1. The number of ether oxygens (including phenoxy) is 2. The number of nitrogens with one attached hydrogen (secondary N) is 1. The van der Waals surface area contributed by atoms with Crippen LogP contribution in [-0.4, -0.2) is 24.8 Å². The minimum Gasteiger partial charge on any atom is -0.493 e. The van der Waals surface area contributed by atoms with E-state index in [1.54, 1.807) is 19.3 Å². The standard InChI is InChI=1S/C25H26N2O3S/c1-5-8-19-14-18(15-21(29-4)23(19)30-13-6-2)16-22-24(28)27-25(31-22)26-20-11-9-17(7-3)10-12-20/h5-6,9-12,14-16H,1-2,7-8,13H2,3-4H3,(H,26,27,28). The van der Waals surface area contributed by atoms with Gasteiger partial charge in [-0.3, -0.25) is 4.79 Å². The van der Waals surface area contributed by atoms with E-state index in [1.165, 1.54) is 17.3 Å². The molecule has 2 aromatic carbocycles. The van der Waals surface area contributed by atoms with Gasteiger partial charge < -0.3 is 14.8 Å². The highest BCUT2D eigenvalue weighted by Gasteiger charge is 2.24. The van der Waals surface area contributed by atoms with Crippen molar-refractivity contribution in [3.8, 4) is 11.5 Å². The maximum Gasteiger partial charge on any atom is 0.264 e. The molecule has 0 aliphatic carbocycles. The Morgan fingerprint density at radius 1 is 1.16 bits per heavy atom. The van der Waals surface area contributed by atoms with Gasteiger partial charge in [-0.1, -0.05) is 37.8 Å². The zero-order valence-corrected chi connectivity index (χ0v) is 18.6. The fourth-order valence-electron chi connectivity index (χ4n) is 3.09. The topological polar surface area (TPSA) is 59.9 Å². The van der Waals surface area contributed by atoms with Crippen molar-refractivity contribution in [3.63, 3.8) is 0 Å². The number of carbonyl (C=O) groups excluding carboxylic acids is 1. The summed E-state index contributed by atoms with van der Waals surface area (Å²) in [5, 5.41) is 3.39. The van der Waals surface area contributed by atoms with Gasteiger partial charge in [0.05, 0.1) is 17.7 Å². The number of hydrogen-bond donors (Lipinski definition) is 1. The smallest absolute Gasteiger partial charge is 0.264 e. The maximum atomic E-state index is 12.5. The number of amides is 1. The number of aliphatic imine (C=N–C) groups is 1. The van der Waals surface area contributed by atoms with Crippen LogP contribution in [0.2, 0.25) is 0 Å². The number of nitrogens with zero attached hydrogens (tertiary/aromatic N) is 1. The molecule has 1 amide bonds. The molecular formula is C25H26N2O3S. The average molecular weight is 435 g/mol. The zero-order chi connectivity index (χ0) is 22.2. The molecule has 0 radical (unpaired) electrons. The highest BCUT2D eigenvalue weighted by Crippen LogP contribution is 2.36. The lowest BCUT2D eigenvalue weighted by Crippen LogP contribution is -2.19. The Balaban J connectivity index is 1.88. The van der Waals surface area contributed by atoms with Gasteiger partial charge in [-0.25, -0.2) is 4.99 Å². The molecule has 1 N–H and O–H groups in total. The van der Waals surface area contributed by atoms with Gasteiger partial charge in [-0.15, -0.1) is 6.58 Å². The molecule has 1 fully saturated rings. The summed E-state index contributed by atoms with van der Waals surface area (Å²) in [5.74, 6) is 1.08. The van der Waals surface area contributed by atoms with Crippen molar-refractivity contribution in [2.24, 2.45) is 4.99 Å². The summed E-state index contributed by atoms with van der Waals surface area (Å²) < 4.78 is 11.3. The molecule has 6 heteroatoms. The summed E-state index contributed by atoms with van der Waals surface area (Å²) in [6.45, 7) is 10.00. The number of benzene rings is 2. The molecule has 160 valence electrons. The van der Waals surface area contributed by atoms with Crippen LogP contribution in [0, 0.1) is 0 Å². The lowest BCUT2D eigenvalue weighted by atomic mass is 10.0. The Labute approximate surface area is 187 Å². The molecule has 1 saturated heterocycles. The molecule has 0 bridgehead atoms. The Hall–Kier alpha value is -3.25. The van der Waals surface area contributed by atoms with Crippen LogP contribution < -0.4 is 14.8 Å². The third kappa shape index (κ3) is 5.67. The van der Waals surface area contributed by atoms with Gasteiger partial charge in [-0.2, -0.15) is 0 Å². The van der Waals surface area contributed by atoms with Crippen LogP contribution in [0.15, 0.2) is 71.6 Å². The Bertz CT molecular complexity index is 1040. The predicted octanol–water partition coefficient (Wildman–Crippen LogP) is 5.44. The van der Waals surface area contributed by atoms with E-state index in [0.29, 0.717) is 34.6 Å². The highest BCUT2D eigenvalue weighted by molar-refractivity contribution is 8.18. The van der Waals surface area contributed by atoms with E-state index >= 15 is 0 Å². The van der Waals surface area contributed by atoms with Crippen LogP contribution in [0.1, 0.15) is 23.6 Å². The summed E-state index contributed by atoms with van der Waals surface area (Å²) in [6, 6.07) is 11.8. The summed E-state index contributed by atoms with van der Waals surface area (Å²) in [7, 11) is 1.59. The molecule has 5 nitrogen and oxygen atoms in total. The summed E-state index contributed by atoms with van der Waals surface area (Å²) >= 11 is 1.31. The molecule has 0 saturated carbocycles. The van der Waals surface area contributed by atoms with Crippen LogP contribution in [0.3, 0.4) is 0 Å². The van der Waals surface area contributed by atoms with Gasteiger partial charge in [0.1, 0.15) is 6.61 Å². The summed E-state index contributed by atoms with van der Waals surface area (Å²) in [5.41, 5.74) is 3.82. The number of aryl methyl sites for hydroxylation is 1. The van der Waals surface area contributed by atoms with E-state index in [9.17, 15) is 4.79 Å². The van der Waals surface area contributed by atoms with Gasteiger partial charge in [-0.05, 0) is 66.1 Å². The van der Waals surface area contributed by atoms with E-state index in [0.717, 1.165) is 23.2 Å². The molecule has 0 aromatic heterocycles. The van der Waals surface area contributed by atoms with Crippen LogP contribution in [0.5, 0.6) is 11.5 Å². The normalized spacial score (nSPS) is 15.7. The van der Waals surface area contributed by atoms with E-state index < -0.39 is 0 Å². The molecular weight excluding hydrogens is 408 g/mol. The van der Waals surface area contributed by atoms with Crippen molar-refractivity contribution in [1.29, 1.82) is 0 Å². The zero-order valence-electron chi connectivity index (χ0n) is 17.8. The Kier molecular flexibility index (Phi) is 7.73. The van der Waals surface area contributed by atoms with E-state index in [-0.39, 0.29) is 5.91 Å². The lowest BCUT2D eigenvalue weighted by Gasteiger charge is -2.15. The first kappa shape index (κ1) is 22.4. The molecule has 0 spiro atoms.